The van der Waals surface area contributed by atoms with Crippen molar-refractivity contribution in [3.63, 3.8) is 0 Å². The molecule has 2 fully saturated rings. The van der Waals surface area contributed by atoms with Gasteiger partial charge in [0.2, 0.25) is 11.9 Å². The number of nitrogens with zero attached hydrogens (tertiary/aromatic N) is 7. The molecule has 2 aromatic heterocycles. The fourth-order valence-corrected chi connectivity index (χ4v) is 5.28. The van der Waals surface area contributed by atoms with Crippen LogP contribution < -0.4 is 10.2 Å². The van der Waals surface area contributed by atoms with Crippen molar-refractivity contribution in [2.45, 2.75) is 63.5 Å². The number of piperidine rings is 1. The molecule has 2 aliphatic heterocycles. The summed E-state index contributed by atoms with van der Waals surface area (Å²) in [4.78, 5) is 26.6. The minimum Gasteiger partial charge on any atom is -0.321 e. The molecular weight excluding hydrogens is 404 g/mol. The monoisotopic (exact) mass is 434 g/mol. The van der Waals surface area contributed by atoms with Crippen LogP contribution in [0, 0.1) is 17.2 Å². The van der Waals surface area contributed by atoms with Gasteiger partial charge in [0, 0.05) is 29.9 Å². The molecule has 4 heterocycles. The van der Waals surface area contributed by atoms with Gasteiger partial charge in [-0.05, 0) is 45.8 Å². The van der Waals surface area contributed by atoms with Crippen LogP contribution in [0.4, 0.5) is 17.5 Å². The van der Waals surface area contributed by atoms with Crippen LogP contribution in [-0.2, 0) is 4.79 Å². The van der Waals surface area contributed by atoms with Crippen LogP contribution in [0.25, 0.3) is 0 Å². The number of amides is 1. The lowest BCUT2D eigenvalue weighted by Gasteiger charge is -2.37. The summed E-state index contributed by atoms with van der Waals surface area (Å²) >= 11 is 0. The largest absolute Gasteiger partial charge is 0.321 e. The highest BCUT2D eigenvalue weighted by Crippen LogP contribution is 2.41. The average molecular weight is 435 g/mol. The van der Waals surface area contributed by atoms with Crippen LogP contribution >= 0.6 is 0 Å². The van der Waals surface area contributed by atoms with Crippen molar-refractivity contribution >= 4 is 23.4 Å². The molecule has 0 radical (unpaired) electrons. The SMILES string of the molecule is CC1c2cnc(Nc3cnn(C4CCN(C)CC4)c3)nc2N(C2CCCC2)C(=O)C1C#N. The molecule has 32 heavy (non-hydrogen) atoms. The van der Waals surface area contributed by atoms with Crippen molar-refractivity contribution in [3.05, 3.63) is 24.2 Å². The molecule has 1 amide bonds. The number of likely N-dealkylation sites (tertiary alicyclic amines) is 1. The number of anilines is 3. The molecule has 168 valence electrons. The quantitative estimate of drug-likeness (QED) is 0.788. The van der Waals surface area contributed by atoms with Crippen LogP contribution in [-0.4, -0.2) is 56.7 Å². The lowest BCUT2D eigenvalue weighted by atomic mass is 9.84. The number of rotatable bonds is 4. The van der Waals surface area contributed by atoms with Gasteiger partial charge >= 0.3 is 0 Å². The normalized spacial score (nSPS) is 25.0. The number of carbonyl (C=O) groups is 1. The molecule has 1 saturated carbocycles. The van der Waals surface area contributed by atoms with Crippen molar-refractivity contribution in [3.8, 4) is 6.07 Å². The number of hydrogen-bond donors (Lipinski definition) is 1. The first-order valence-electron chi connectivity index (χ1n) is 11.6. The second-order valence-electron chi connectivity index (χ2n) is 9.38. The van der Waals surface area contributed by atoms with Gasteiger partial charge in [-0.1, -0.05) is 19.8 Å². The predicted molar refractivity (Wildman–Crippen MR) is 121 cm³/mol. The Labute approximate surface area is 188 Å². The highest BCUT2D eigenvalue weighted by Gasteiger charge is 2.43. The number of nitrogens with one attached hydrogen (secondary N) is 1. The third kappa shape index (κ3) is 3.73. The summed E-state index contributed by atoms with van der Waals surface area (Å²) in [6, 6.07) is 2.73. The van der Waals surface area contributed by atoms with Gasteiger partial charge in [-0.2, -0.15) is 15.3 Å². The standard InChI is InChI=1S/C23H30N8O/c1-15-19(11-24)22(32)31(18-5-3-4-6-18)21-20(15)13-25-23(28-21)27-16-12-26-30(14-16)17-7-9-29(2)10-8-17/h12-15,17-19H,3-10H2,1-2H3,(H,25,27,28). The Bertz CT molecular complexity index is 1030. The summed E-state index contributed by atoms with van der Waals surface area (Å²) in [5.41, 5.74) is 1.71. The van der Waals surface area contributed by atoms with Crippen molar-refractivity contribution in [1.29, 1.82) is 5.26 Å². The average Bonchev–Trinajstić information content (AvgIpc) is 3.47. The minimum atomic E-state index is -0.682. The molecule has 5 rings (SSSR count). The topological polar surface area (TPSA) is 103 Å². The minimum absolute atomic E-state index is 0.111. The fraction of sp³-hybridized carbons (Fsp3) is 0.609. The van der Waals surface area contributed by atoms with Gasteiger partial charge in [0.25, 0.3) is 0 Å². The van der Waals surface area contributed by atoms with Gasteiger partial charge in [0.05, 0.1) is 24.0 Å². The van der Waals surface area contributed by atoms with Gasteiger partial charge in [-0.3, -0.25) is 14.4 Å². The molecule has 1 N–H and O–H groups in total. The Kier molecular flexibility index (Phi) is 5.55. The molecule has 0 bridgehead atoms. The maximum Gasteiger partial charge on any atom is 0.246 e. The van der Waals surface area contributed by atoms with E-state index in [1.165, 1.54) is 0 Å². The molecular formula is C23H30N8O. The second-order valence-corrected chi connectivity index (χ2v) is 9.38. The highest BCUT2D eigenvalue weighted by atomic mass is 16.2. The zero-order valence-electron chi connectivity index (χ0n) is 18.7. The Balaban J connectivity index is 1.40. The first kappa shape index (κ1) is 20.9. The maximum atomic E-state index is 13.2. The number of hydrogen-bond acceptors (Lipinski definition) is 7. The Morgan fingerprint density at radius 1 is 1.12 bits per heavy atom. The van der Waals surface area contributed by atoms with E-state index in [2.05, 4.69) is 33.4 Å². The van der Waals surface area contributed by atoms with Gasteiger partial charge in [0.1, 0.15) is 11.7 Å². The first-order chi connectivity index (χ1) is 15.5. The van der Waals surface area contributed by atoms with E-state index < -0.39 is 5.92 Å². The summed E-state index contributed by atoms with van der Waals surface area (Å²) in [7, 11) is 2.15. The Morgan fingerprint density at radius 3 is 2.59 bits per heavy atom. The molecule has 0 spiro atoms. The van der Waals surface area contributed by atoms with E-state index in [4.69, 9.17) is 4.98 Å². The van der Waals surface area contributed by atoms with Crippen molar-refractivity contribution < 1.29 is 4.79 Å². The van der Waals surface area contributed by atoms with Crippen LogP contribution in [0.15, 0.2) is 18.6 Å². The summed E-state index contributed by atoms with van der Waals surface area (Å²) in [6.45, 7) is 4.07. The molecule has 0 aromatic carbocycles. The fourth-order valence-electron chi connectivity index (χ4n) is 5.28. The number of nitriles is 1. The van der Waals surface area contributed by atoms with Gasteiger partial charge < -0.3 is 10.2 Å². The zero-order chi connectivity index (χ0) is 22.2. The lowest BCUT2D eigenvalue weighted by molar-refractivity contribution is -0.122. The molecule has 2 atom stereocenters. The maximum absolute atomic E-state index is 13.2. The molecule has 9 heteroatoms. The summed E-state index contributed by atoms with van der Waals surface area (Å²) in [5, 5.41) is 17.4. The van der Waals surface area contributed by atoms with Crippen LogP contribution in [0.2, 0.25) is 0 Å². The summed E-state index contributed by atoms with van der Waals surface area (Å²) in [6.07, 6.45) is 11.9. The number of fused-ring (bicyclic) bond motifs is 1. The van der Waals surface area contributed by atoms with E-state index in [0.717, 1.165) is 62.9 Å². The molecule has 2 unspecified atom stereocenters. The van der Waals surface area contributed by atoms with E-state index in [1.807, 2.05) is 17.8 Å². The Hall–Kier alpha value is -2.99. The summed E-state index contributed by atoms with van der Waals surface area (Å²) < 4.78 is 2.03. The van der Waals surface area contributed by atoms with Gasteiger partial charge in [-0.25, -0.2) is 4.98 Å². The highest BCUT2D eigenvalue weighted by molar-refractivity contribution is 6.00. The van der Waals surface area contributed by atoms with E-state index >= 15 is 0 Å². The van der Waals surface area contributed by atoms with Crippen LogP contribution in [0.5, 0.6) is 0 Å². The third-order valence-corrected chi connectivity index (χ3v) is 7.27. The summed E-state index contributed by atoms with van der Waals surface area (Å²) in [5.74, 6) is 0.0741. The lowest BCUT2D eigenvalue weighted by Crippen LogP contribution is -2.48. The smallest absolute Gasteiger partial charge is 0.246 e. The molecule has 3 aliphatic rings. The third-order valence-electron chi connectivity index (χ3n) is 7.27. The second kappa shape index (κ2) is 8.51. The van der Waals surface area contributed by atoms with Crippen molar-refractivity contribution in [1.82, 2.24) is 24.6 Å². The van der Waals surface area contributed by atoms with E-state index in [9.17, 15) is 10.1 Å². The first-order valence-corrected chi connectivity index (χ1v) is 11.6. The predicted octanol–water partition coefficient (Wildman–Crippen LogP) is 3.22. The molecule has 9 nitrogen and oxygen atoms in total. The van der Waals surface area contributed by atoms with Crippen LogP contribution in [0.1, 0.15) is 63.0 Å². The number of carbonyl (C=O) groups excluding carboxylic acids is 1. The zero-order valence-corrected chi connectivity index (χ0v) is 18.7. The molecule has 2 aromatic rings. The molecule has 1 aliphatic carbocycles. The van der Waals surface area contributed by atoms with Crippen molar-refractivity contribution in [2.75, 3.05) is 30.4 Å². The van der Waals surface area contributed by atoms with Gasteiger partial charge in [0.15, 0.2) is 0 Å². The number of aromatic nitrogens is 4. The van der Waals surface area contributed by atoms with E-state index in [-0.39, 0.29) is 17.9 Å². The van der Waals surface area contributed by atoms with Crippen molar-refractivity contribution in [2.24, 2.45) is 5.92 Å². The van der Waals surface area contributed by atoms with E-state index in [0.29, 0.717) is 17.8 Å². The van der Waals surface area contributed by atoms with E-state index in [1.54, 1.807) is 17.3 Å². The van der Waals surface area contributed by atoms with Crippen LogP contribution in [0.3, 0.4) is 0 Å². The molecule has 1 saturated heterocycles. The Morgan fingerprint density at radius 2 is 1.88 bits per heavy atom. The van der Waals surface area contributed by atoms with Gasteiger partial charge in [-0.15, -0.1) is 0 Å².